The topological polar surface area (TPSA) is 64.3 Å². The Bertz CT molecular complexity index is 446. The quantitative estimate of drug-likeness (QED) is 0.810. The highest BCUT2D eigenvalue weighted by Crippen LogP contribution is 2.26. The third kappa shape index (κ3) is 6.54. The second kappa shape index (κ2) is 9.15. The van der Waals surface area contributed by atoms with Crippen LogP contribution in [-0.2, 0) is 4.79 Å². The molecule has 1 rings (SSSR count). The lowest BCUT2D eigenvalue weighted by molar-refractivity contribution is -0.127. The number of nitrogens with one attached hydrogen (secondary N) is 1. The standard InChI is InChI=1S/C13H18BrFN2O2.ClH/c1-8(16)5-6-17-13(18)9(2)19-12-4-3-10(15)7-11(12)14;/h3-4,7-9H,5-6,16H2,1-2H3,(H,17,18);1H. The summed E-state index contributed by atoms with van der Waals surface area (Å²) in [5.41, 5.74) is 5.59. The Morgan fingerprint density at radius 2 is 2.15 bits per heavy atom. The van der Waals surface area contributed by atoms with Crippen LogP contribution in [0.1, 0.15) is 20.3 Å². The lowest BCUT2D eigenvalue weighted by atomic mass is 10.2. The molecular formula is C13H19BrClFN2O2. The number of carbonyl (C=O) groups is 1. The Morgan fingerprint density at radius 3 is 2.70 bits per heavy atom. The predicted octanol–water partition coefficient (Wildman–Crippen LogP) is 2.63. The molecule has 0 aliphatic carbocycles. The van der Waals surface area contributed by atoms with Gasteiger partial charge in [-0.05, 0) is 54.4 Å². The van der Waals surface area contributed by atoms with Crippen LogP contribution in [0.15, 0.2) is 22.7 Å². The fraction of sp³-hybridized carbons (Fsp3) is 0.462. The monoisotopic (exact) mass is 368 g/mol. The van der Waals surface area contributed by atoms with Gasteiger partial charge in [-0.1, -0.05) is 0 Å². The highest BCUT2D eigenvalue weighted by molar-refractivity contribution is 9.10. The first-order chi connectivity index (χ1) is 8.90. The van der Waals surface area contributed by atoms with Crippen LogP contribution in [0.25, 0.3) is 0 Å². The Labute approximate surface area is 132 Å². The van der Waals surface area contributed by atoms with Gasteiger partial charge in [0.2, 0.25) is 0 Å². The van der Waals surface area contributed by atoms with Crippen molar-refractivity contribution in [1.29, 1.82) is 0 Å². The molecule has 0 saturated heterocycles. The van der Waals surface area contributed by atoms with Crippen molar-refractivity contribution in [2.24, 2.45) is 5.73 Å². The SMILES string of the molecule is CC(N)CCNC(=O)C(C)Oc1ccc(F)cc1Br.Cl. The van der Waals surface area contributed by atoms with Gasteiger partial charge in [-0.3, -0.25) is 4.79 Å². The first kappa shape index (κ1) is 19.1. The van der Waals surface area contributed by atoms with Crippen LogP contribution in [-0.4, -0.2) is 24.6 Å². The molecule has 0 aromatic heterocycles. The van der Waals surface area contributed by atoms with E-state index in [0.717, 1.165) is 0 Å². The zero-order valence-electron chi connectivity index (χ0n) is 11.4. The summed E-state index contributed by atoms with van der Waals surface area (Å²) >= 11 is 3.18. The van der Waals surface area contributed by atoms with E-state index in [-0.39, 0.29) is 30.2 Å². The van der Waals surface area contributed by atoms with Crippen molar-refractivity contribution in [1.82, 2.24) is 5.32 Å². The number of hydrogen-bond acceptors (Lipinski definition) is 3. The highest BCUT2D eigenvalue weighted by atomic mass is 79.9. The summed E-state index contributed by atoms with van der Waals surface area (Å²) in [6.07, 6.45) is 0.0495. The lowest BCUT2D eigenvalue weighted by Gasteiger charge is -2.16. The zero-order chi connectivity index (χ0) is 14.4. The van der Waals surface area contributed by atoms with Gasteiger partial charge in [-0.25, -0.2) is 4.39 Å². The number of halogens is 3. The largest absolute Gasteiger partial charge is 0.480 e. The molecule has 20 heavy (non-hydrogen) atoms. The van der Waals surface area contributed by atoms with Crippen molar-refractivity contribution < 1.29 is 13.9 Å². The van der Waals surface area contributed by atoms with Crippen LogP contribution in [0.3, 0.4) is 0 Å². The minimum absolute atomic E-state index is 0. The minimum Gasteiger partial charge on any atom is -0.480 e. The second-order valence-electron chi connectivity index (χ2n) is 4.39. The molecule has 7 heteroatoms. The van der Waals surface area contributed by atoms with E-state index in [1.165, 1.54) is 18.2 Å². The summed E-state index contributed by atoms with van der Waals surface area (Å²) in [7, 11) is 0. The molecule has 1 aromatic rings. The fourth-order valence-electron chi connectivity index (χ4n) is 1.38. The molecule has 4 nitrogen and oxygen atoms in total. The van der Waals surface area contributed by atoms with Crippen molar-refractivity contribution in [3.63, 3.8) is 0 Å². The summed E-state index contributed by atoms with van der Waals surface area (Å²) in [5.74, 6) is -0.165. The van der Waals surface area contributed by atoms with E-state index in [1.807, 2.05) is 6.92 Å². The maximum atomic E-state index is 12.9. The van der Waals surface area contributed by atoms with Crippen LogP contribution < -0.4 is 15.8 Å². The van der Waals surface area contributed by atoms with E-state index in [9.17, 15) is 9.18 Å². The second-order valence-corrected chi connectivity index (χ2v) is 5.25. The van der Waals surface area contributed by atoms with Gasteiger partial charge in [0.15, 0.2) is 6.10 Å². The first-order valence-electron chi connectivity index (χ1n) is 6.05. The molecule has 3 N–H and O–H groups in total. The van der Waals surface area contributed by atoms with E-state index in [4.69, 9.17) is 10.5 Å². The van der Waals surface area contributed by atoms with Crippen molar-refractivity contribution in [2.45, 2.75) is 32.4 Å². The number of carbonyl (C=O) groups excluding carboxylic acids is 1. The van der Waals surface area contributed by atoms with E-state index < -0.39 is 6.10 Å². The number of nitrogens with two attached hydrogens (primary N) is 1. The average Bonchev–Trinajstić information content (AvgIpc) is 2.32. The number of amides is 1. The van der Waals surface area contributed by atoms with Gasteiger partial charge in [0.05, 0.1) is 4.47 Å². The van der Waals surface area contributed by atoms with Crippen molar-refractivity contribution in [2.75, 3.05) is 6.54 Å². The number of hydrogen-bond donors (Lipinski definition) is 2. The maximum absolute atomic E-state index is 12.9. The third-order valence-electron chi connectivity index (χ3n) is 2.47. The van der Waals surface area contributed by atoms with Crippen molar-refractivity contribution in [3.8, 4) is 5.75 Å². The van der Waals surface area contributed by atoms with Gasteiger partial charge in [0.1, 0.15) is 11.6 Å². The van der Waals surface area contributed by atoms with Crippen LogP contribution >= 0.6 is 28.3 Å². The normalized spacial score (nSPS) is 13.1. The predicted molar refractivity (Wildman–Crippen MR) is 82.7 cm³/mol. The average molecular weight is 370 g/mol. The molecule has 1 amide bonds. The molecule has 0 aliphatic rings. The van der Waals surface area contributed by atoms with Crippen LogP contribution in [0.2, 0.25) is 0 Å². The lowest BCUT2D eigenvalue weighted by Crippen LogP contribution is -2.38. The molecule has 0 heterocycles. The molecule has 0 fully saturated rings. The van der Waals surface area contributed by atoms with E-state index >= 15 is 0 Å². The molecule has 2 unspecified atom stereocenters. The summed E-state index contributed by atoms with van der Waals surface area (Å²) in [6, 6.07) is 4.09. The Hall–Kier alpha value is -0.850. The first-order valence-corrected chi connectivity index (χ1v) is 6.84. The molecule has 0 aliphatic heterocycles. The van der Waals surface area contributed by atoms with Crippen LogP contribution in [0, 0.1) is 5.82 Å². The van der Waals surface area contributed by atoms with E-state index in [0.29, 0.717) is 23.2 Å². The van der Waals surface area contributed by atoms with Gasteiger partial charge in [0, 0.05) is 12.6 Å². The van der Waals surface area contributed by atoms with E-state index in [1.54, 1.807) is 6.92 Å². The number of ether oxygens (including phenoxy) is 1. The molecule has 0 saturated carbocycles. The Balaban J connectivity index is 0.00000361. The number of rotatable bonds is 6. The molecule has 114 valence electrons. The maximum Gasteiger partial charge on any atom is 0.260 e. The Kier molecular flexibility index (Phi) is 8.76. The zero-order valence-corrected chi connectivity index (χ0v) is 13.8. The van der Waals surface area contributed by atoms with Gasteiger partial charge in [-0.2, -0.15) is 0 Å². The molecule has 0 bridgehead atoms. The Morgan fingerprint density at radius 1 is 1.50 bits per heavy atom. The van der Waals surface area contributed by atoms with E-state index in [2.05, 4.69) is 21.2 Å². The van der Waals surface area contributed by atoms with Crippen LogP contribution in [0.5, 0.6) is 5.75 Å². The summed E-state index contributed by atoms with van der Waals surface area (Å²) < 4.78 is 18.8. The summed E-state index contributed by atoms with van der Waals surface area (Å²) in [6.45, 7) is 4.02. The number of benzene rings is 1. The van der Waals surface area contributed by atoms with Crippen molar-refractivity contribution in [3.05, 3.63) is 28.5 Å². The molecular weight excluding hydrogens is 351 g/mol. The molecule has 0 spiro atoms. The fourth-order valence-corrected chi connectivity index (χ4v) is 1.83. The van der Waals surface area contributed by atoms with Gasteiger partial charge < -0.3 is 15.8 Å². The van der Waals surface area contributed by atoms with Gasteiger partial charge >= 0.3 is 0 Å². The summed E-state index contributed by atoms with van der Waals surface area (Å²) in [4.78, 5) is 11.7. The minimum atomic E-state index is -0.658. The highest BCUT2D eigenvalue weighted by Gasteiger charge is 2.15. The third-order valence-corrected chi connectivity index (χ3v) is 3.09. The smallest absolute Gasteiger partial charge is 0.260 e. The molecule has 0 radical (unpaired) electrons. The van der Waals surface area contributed by atoms with Gasteiger partial charge in [-0.15, -0.1) is 12.4 Å². The van der Waals surface area contributed by atoms with Crippen LogP contribution in [0.4, 0.5) is 4.39 Å². The summed E-state index contributed by atoms with van der Waals surface area (Å²) in [5, 5.41) is 2.73. The van der Waals surface area contributed by atoms with Crippen molar-refractivity contribution >= 4 is 34.2 Å². The molecule has 1 aromatic carbocycles. The van der Waals surface area contributed by atoms with Gasteiger partial charge in [0.25, 0.3) is 5.91 Å². The molecule has 2 atom stereocenters.